The minimum absolute atomic E-state index is 0.0482. The van der Waals surface area contributed by atoms with Gasteiger partial charge in [0.25, 0.3) is 5.91 Å². The van der Waals surface area contributed by atoms with E-state index in [2.05, 4.69) is 0 Å². The van der Waals surface area contributed by atoms with Crippen molar-refractivity contribution in [3.63, 3.8) is 0 Å². The number of halogens is 1. The van der Waals surface area contributed by atoms with Crippen molar-refractivity contribution in [2.75, 3.05) is 6.54 Å². The maximum atomic E-state index is 13.6. The number of aromatic carboxylic acids is 1. The van der Waals surface area contributed by atoms with Crippen molar-refractivity contribution in [3.05, 3.63) is 70.5 Å². The van der Waals surface area contributed by atoms with Crippen LogP contribution in [0.3, 0.4) is 0 Å². The summed E-state index contributed by atoms with van der Waals surface area (Å²) < 4.78 is 13.6. The van der Waals surface area contributed by atoms with E-state index in [1.807, 2.05) is 11.1 Å². The van der Waals surface area contributed by atoms with Crippen LogP contribution < -0.4 is 0 Å². The zero-order chi connectivity index (χ0) is 17.6. The average molecular weight is 340 g/mol. The Morgan fingerprint density at radius 3 is 2.80 bits per heavy atom. The molecule has 1 saturated heterocycles. The van der Waals surface area contributed by atoms with Gasteiger partial charge in [-0.1, -0.05) is 18.2 Å². The Kier molecular flexibility index (Phi) is 3.77. The molecule has 0 aliphatic carbocycles. The highest BCUT2D eigenvalue weighted by Gasteiger charge is 2.38. The quantitative estimate of drug-likeness (QED) is 0.932. The van der Waals surface area contributed by atoms with Gasteiger partial charge in [0.1, 0.15) is 5.82 Å². The maximum absolute atomic E-state index is 13.6. The van der Waals surface area contributed by atoms with E-state index in [1.165, 1.54) is 24.3 Å². The number of amides is 1. The first-order valence-electron chi connectivity index (χ1n) is 8.24. The zero-order valence-electron chi connectivity index (χ0n) is 13.5. The van der Waals surface area contributed by atoms with Crippen molar-refractivity contribution in [1.82, 2.24) is 10.0 Å². The summed E-state index contributed by atoms with van der Waals surface area (Å²) in [5.41, 5.74) is 2.22. The summed E-state index contributed by atoms with van der Waals surface area (Å²) in [7, 11) is 0. The predicted molar refractivity (Wildman–Crippen MR) is 88.4 cm³/mol. The molecule has 1 unspecified atom stereocenters. The Hall–Kier alpha value is -2.73. The molecular formula is C19H17FN2O3. The molecule has 5 nitrogen and oxygen atoms in total. The topological polar surface area (TPSA) is 60.9 Å². The standard InChI is InChI=1S/C19H17FN2O3/c20-15-4-1-3-12(9-15)17-5-2-8-21(17)22-11-14-7-6-13(19(24)25)10-16(14)18(22)23/h1,3-4,6-7,9-10,17H,2,5,8,11H2,(H,24,25). The van der Waals surface area contributed by atoms with E-state index in [0.717, 1.165) is 24.0 Å². The molecule has 1 amide bonds. The van der Waals surface area contributed by atoms with Crippen molar-refractivity contribution in [3.8, 4) is 0 Å². The van der Waals surface area contributed by atoms with Crippen LogP contribution in [0.1, 0.15) is 50.7 Å². The lowest BCUT2D eigenvalue weighted by Gasteiger charge is -2.33. The van der Waals surface area contributed by atoms with Gasteiger partial charge in [0.2, 0.25) is 0 Å². The molecule has 2 aromatic carbocycles. The van der Waals surface area contributed by atoms with Crippen LogP contribution in [0.15, 0.2) is 42.5 Å². The van der Waals surface area contributed by atoms with Gasteiger partial charge in [-0.2, -0.15) is 0 Å². The van der Waals surface area contributed by atoms with Gasteiger partial charge in [-0.25, -0.2) is 14.2 Å². The summed E-state index contributed by atoms with van der Waals surface area (Å²) in [6.45, 7) is 1.13. The third-order valence-corrected chi connectivity index (χ3v) is 4.91. The number of hydrazine groups is 1. The average Bonchev–Trinajstić information content (AvgIpc) is 3.19. The molecule has 0 saturated carbocycles. The summed E-state index contributed by atoms with van der Waals surface area (Å²) in [5, 5.41) is 12.8. The van der Waals surface area contributed by atoms with E-state index in [4.69, 9.17) is 5.11 Å². The maximum Gasteiger partial charge on any atom is 0.335 e. The van der Waals surface area contributed by atoms with Crippen LogP contribution in [-0.2, 0) is 6.54 Å². The number of hydrogen-bond donors (Lipinski definition) is 1. The highest BCUT2D eigenvalue weighted by molar-refractivity contribution is 6.00. The molecule has 0 bridgehead atoms. The van der Waals surface area contributed by atoms with E-state index in [0.29, 0.717) is 18.7 Å². The van der Waals surface area contributed by atoms with Crippen LogP contribution in [0.2, 0.25) is 0 Å². The number of carbonyl (C=O) groups is 2. The number of nitrogens with zero attached hydrogens (tertiary/aromatic N) is 2. The van der Waals surface area contributed by atoms with Crippen LogP contribution in [0.5, 0.6) is 0 Å². The van der Waals surface area contributed by atoms with Crippen LogP contribution in [-0.4, -0.2) is 33.5 Å². The molecule has 0 spiro atoms. The fourth-order valence-electron chi connectivity index (χ4n) is 3.72. The minimum atomic E-state index is -1.05. The van der Waals surface area contributed by atoms with Crippen molar-refractivity contribution < 1.29 is 19.1 Å². The highest BCUT2D eigenvalue weighted by atomic mass is 19.1. The van der Waals surface area contributed by atoms with Gasteiger partial charge in [0.05, 0.1) is 18.2 Å². The molecule has 1 N–H and O–H groups in total. The summed E-state index contributed by atoms with van der Waals surface area (Å²) in [4.78, 5) is 24.0. The number of benzene rings is 2. The molecular weight excluding hydrogens is 323 g/mol. The second-order valence-electron chi connectivity index (χ2n) is 6.42. The fourth-order valence-corrected chi connectivity index (χ4v) is 3.72. The smallest absolute Gasteiger partial charge is 0.335 e. The summed E-state index contributed by atoms with van der Waals surface area (Å²) in [5.74, 6) is -1.53. The van der Waals surface area contributed by atoms with Crippen molar-refractivity contribution in [1.29, 1.82) is 0 Å². The van der Waals surface area contributed by atoms with Gasteiger partial charge in [-0.3, -0.25) is 9.80 Å². The second-order valence-corrected chi connectivity index (χ2v) is 6.42. The van der Waals surface area contributed by atoms with Gasteiger partial charge in [0.15, 0.2) is 0 Å². The number of carboxylic acid groups (broad SMARTS) is 1. The minimum Gasteiger partial charge on any atom is -0.478 e. The lowest BCUT2D eigenvalue weighted by atomic mass is 10.1. The Balaban J connectivity index is 1.64. The van der Waals surface area contributed by atoms with E-state index in [-0.39, 0.29) is 23.3 Å². The van der Waals surface area contributed by atoms with E-state index >= 15 is 0 Å². The normalized spacial score (nSPS) is 20.1. The SMILES string of the molecule is O=C(O)c1ccc2c(c1)C(=O)N(N1CCCC1c1cccc(F)c1)C2. The number of hydrogen-bond acceptors (Lipinski definition) is 3. The van der Waals surface area contributed by atoms with Crippen LogP contribution in [0.4, 0.5) is 4.39 Å². The van der Waals surface area contributed by atoms with Gasteiger partial charge < -0.3 is 5.11 Å². The molecule has 6 heteroatoms. The van der Waals surface area contributed by atoms with Crippen LogP contribution >= 0.6 is 0 Å². The van der Waals surface area contributed by atoms with E-state index < -0.39 is 5.97 Å². The number of carboxylic acids is 1. The van der Waals surface area contributed by atoms with Crippen molar-refractivity contribution >= 4 is 11.9 Å². The summed E-state index contributed by atoms with van der Waals surface area (Å²) in [6, 6.07) is 11.1. The van der Waals surface area contributed by atoms with Crippen molar-refractivity contribution in [2.24, 2.45) is 0 Å². The van der Waals surface area contributed by atoms with Crippen molar-refractivity contribution in [2.45, 2.75) is 25.4 Å². The zero-order valence-corrected chi connectivity index (χ0v) is 13.5. The Labute approximate surface area is 144 Å². The van der Waals surface area contributed by atoms with Gasteiger partial charge in [-0.05, 0) is 48.2 Å². The number of carbonyl (C=O) groups excluding carboxylic acids is 1. The van der Waals surface area contributed by atoms with E-state index in [9.17, 15) is 14.0 Å². The first kappa shape index (κ1) is 15.8. The van der Waals surface area contributed by atoms with Gasteiger partial charge in [0, 0.05) is 12.1 Å². The summed E-state index contributed by atoms with van der Waals surface area (Å²) in [6.07, 6.45) is 1.77. The molecule has 0 radical (unpaired) electrons. The molecule has 2 aromatic rings. The van der Waals surface area contributed by atoms with E-state index in [1.54, 1.807) is 17.1 Å². The third-order valence-electron chi connectivity index (χ3n) is 4.91. The summed E-state index contributed by atoms with van der Waals surface area (Å²) >= 11 is 0. The molecule has 1 fully saturated rings. The fraction of sp³-hybridized carbons (Fsp3) is 0.263. The lowest BCUT2D eigenvalue weighted by Crippen LogP contribution is -2.42. The monoisotopic (exact) mass is 340 g/mol. The van der Waals surface area contributed by atoms with Gasteiger partial charge >= 0.3 is 5.97 Å². The molecule has 2 aliphatic heterocycles. The largest absolute Gasteiger partial charge is 0.478 e. The first-order chi connectivity index (χ1) is 12.0. The number of rotatable bonds is 3. The Bertz CT molecular complexity index is 867. The highest BCUT2D eigenvalue weighted by Crippen LogP contribution is 2.37. The first-order valence-corrected chi connectivity index (χ1v) is 8.24. The molecule has 1 atom stereocenters. The molecule has 2 aliphatic rings. The second kappa shape index (κ2) is 5.97. The third kappa shape index (κ3) is 2.68. The van der Waals surface area contributed by atoms with Crippen LogP contribution in [0, 0.1) is 5.82 Å². The molecule has 25 heavy (non-hydrogen) atoms. The molecule has 128 valence electrons. The van der Waals surface area contributed by atoms with Crippen LogP contribution in [0.25, 0.3) is 0 Å². The lowest BCUT2D eigenvalue weighted by molar-refractivity contribution is -0.0189. The number of fused-ring (bicyclic) bond motifs is 1. The Morgan fingerprint density at radius 2 is 2.04 bits per heavy atom. The molecule has 4 rings (SSSR count). The Morgan fingerprint density at radius 1 is 1.20 bits per heavy atom. The predicted octanol–water partition coefficient (Wildman–Crippen LogP) is 3.23. The molecule has 2 heterocycles. The molecule has 0 aromatic heterocycles. The van der Waals surface area contributed by atoms with Gasteiger partial charge in [-0.15, -0.1) is 0 Å².